The van der Waals surface area contributed by atoms with Gasteiger partial charge in [0.25, 0.3) is 0 Å². The molecule has 5 heteroatoms. The van der Waals surface area contributed by atoms with Gasteiger partial charge in [-0.2, -0.15) is 0 Å². The number of ether oxygens (including phenoxy) is 2. The monoisotopic (exact) mass is 362 g/mol. The number of aliphatic hydroxyl groups is 1. The van der Waals surface area contributed by atoms with E-state index < -0.39 is 6.29 Å². The topological polar surface area (TPSA) is 55.8 Å². The summed E-state index contributed by atoms with van der Waals surface area (Å²) in [5, 5.41) is 9.41. The zero-order valence-corrected chi connectivity index (χ0v) is 11.9. The summed E-state index contributed by atoms with van der Waals surface area (Å²) in [6.07, 6.45) is -0.121. The molecule has 0 aliphatic carbocycles. The van der Waals surface area contributed by atoms with Gasteiger partial charge in [0, 0.05) is 10.8 Å². The van der Waals surface area contributed by atoms with Crippen LogP contribution in [0.2, 0.25) is 0 Å². The Morgan fingerprint density at radius 1 is 1.39 bits per heavy atom. The minimum Gasteiger partial charge on any atom is -0.456 e. The van der Waals surface area contributed by atoms with Crippen molar-refractivity contribution in [3.8, 4) is 0 Å². The van der Waals surface area contributed by atoms with Gasteiger partial charge in [-0.25, -0.2) is 4.79 Å². The van der Waals surface area contributed by atoms with Gasteiger partial charge in [-0.15, -0.1) is 0 Å². The van der Waals surface area contributed by atoms with Crippen molar-refractivity contribution >= 4 is 28.6 Å². The zero-order valence-electron chi connectivity index (χ0n) is 9.79. The average molecular weight is 362 g/mol. The van der Waals surface area contributed by atoms with Gasteiger partial charge >= 0.3 is 5.97 Å². The molecule has 98 valence electrons. The smallest absolute Gasteiger partial charge is 0.338 e. The minimum atomic E-state index is -0.739. The number of benzene rings is 1. The van der Waals surface area contributed by atoms with Crippen LogP contribution in [0.5, 0.6) is 0 Å². The lowest BCUT2D eigenvalue weighted by Crippen LogP contribution is -2.42. The summed E-state index contributed by atoms with van der Waals surface area (Å²) in [4.78, 5) is 11.9. The molecule has 0 aromatic heterocycles. The molecule has 0 spiro atoms. The van der Waals surface area contributed by atoms with Crippen molar-refractivity contribution < 1.29 is 19.4 Å². The largest absolute Gasteiger partial charge is 0.456 e. The number of hydrogen-bond acceptors (Lipinski definition) is 4. The molecule has 0 radical (unpaired) electrons. The van der Waals surface area contributed by atoms with Gasteiger partial charge in [-0.3, -0.25) is 0 Å². The summed E-state index contributed by atoms with van der Waals surface area (Å²) in [6.45, 7) is 0. The number of esters is 1. The van der Waals surface area contributed by atoms with Crippen molar-refractivity contribution in [2.24, 2.45) is 0 Å². The van der Waals surface area contributed by atoms with E-state index >= 15 is 0 Å². The maximum Gasteiger partial charge on any atom is 0.338 e. The predicted octanol–water partition coefficient (Wildman–Crippen LogP) is 2.14. The summed E-state index contributed by atoms with van der Waals surface area (Å²) in [6, 6.07) is 8.89. The molecule has 0 saturated carbocycles. The highest BCUT2D eigenvalue weighted by Gasteiger charge is 2.32. The Bertz CT molecular complexity index is 395. The van der Waals surface area contributed by atoms with Crippen LogP contribution in [-0.4, -0.2) is 34.0 Å². The Morgan fingerprint density at radius 2 is 2.11 bits per heavy atom. The molecule has 1 aromatic carbocycles. The second kappa shape index (κ2) is 6.49. The normalized spacial score (nSPS) is 27.8. The molecular formula is C13H15IO4. The van der Waals surface area contributed by atoms with Gasteiger partial charge in [-0.1, -0.05) is 40.8 Å². The number of halogens is 1. The van der Waals surface area contributed by atoms with Crippen molar-refractivity contribution in [2.75, 3.05) is 4.43 Å². The Balaban J connectivity index is 1.98. The van der Waals surface area contributed by atoms with Crippen molar-refractivity contribution in [1.29, 1.82) is 0 Å². The van der Waals surface area contributed by atoms with E-state index in [1.807, 2.05) is 6.07 Å². The van der Waals surface area contributed by atoms with E-state index in [1.165, 1.54) is 0 Å². The predicted molar refractivity (Wildman–Crippen MR) is 74.6 cm³/mol. The highest BCUT2D eigenvalue weighted by molar-refractivity contribution is 14.1. The van der Waals surface area contributed by atoms with Crippen molar-refractivity contribution in [3.05, 3.63) is 35.9 Å². The van der Waals surface area contributed by atoms with E-state index in [1.54, 1.807) is 24.3 Å². The Kier molecular flexibility index (Phi) is 4.96. The van der Waals surface area contributed by atoms with Crippen LogP contribution in [0.4, 0.5) is 0 Å². The maximum atomic E-state index is 11.9. The number of hydrogen-bond donors (Lipinski definition) is 1. The molecule has 1 aliphatic rings. The van der Waals surface area contributed by atoms with Gasteiger partial charge in [0.1, 0.15) is 12.2 Å². The molecule has 3 atom stereocenters. The van der Waals surface area contributed by atoms with Crippen LogP contribution in [0.15, 0.2) is 30.3 Å². The molecule has 4 nitrogen and oxygen atoms in total. The Labute approximate surface area is 119 Å². The number of alkyl halides is 1. The molecule has 1 aliphatic heterocycles. The van der Waals surface area contributed by atoms with Crippen LogP contribution in [0, 0.1) is 0 Å². The molecule has 0 unspecified atom stereocenters. The third kappa shape index (κ3) is 3.43. The fraction of sp³-hybridized carbons (Fsp3) is 0.462. The lowest BCUT2D eigenvalue weighted by Gasteiger charge is -2.32. The number of rotatable bonds is 3. The fourth-order valence-electron chi connectivity index (χ4n) is 1.90. The molecule has 1 heterocycles. The number of carbonyl (C=O) groups is 1. The van der Waals surface area contributed by atoms with E-state index in [9.17, 15) is 9.90 Å². The quantitative estimate of drug-likeness (QED) is 0.509. The third-order valence-electron chi connectivity index (χ3n) is 2.86. The first kappa shape index (κ1) is 13.8. The van der Waals surface area contributed by atoms with Crippen molar-refractivity contribution in [3.63, 3.8) is 0 Å². The van der Waals surface area contributed by atoms with Gasteiger partial charge < -0.3 is 14.6 Å². The summed E-state index contributed by atoms with van der Waals surface area (Å²) < 4.78 is 11.5. The molecule has 2 rings (SSSR count). The van der Waals surface area contributed by atoms with E-state index in [-0.39, 0.29) is 18.2 Å². The standard InChI is InChI=1S/C13H15IO4/c14-8-11-10(6-7-12(15)17-11)18-13(16)9-4-2-1-3-5-9/h1-5,10-12,15H,6-8H2/t10-,11-,12-/m0/s1. The molecular weight excluding hydrogens is 347 g/mol. The van der Waals surface area contributed by atoms with E-state index in [4.69, 9.17) is 9.47 Å². The summed E-state index contributed by atoms with van der Waals surface area (Å²) >= 11 is 2.17. The average Bonchev–Trinajstić information content (AvgIpc) is 2.41. The van der Waals surface area contributed by atoms with Crippen molar-refractivity contribution in [1.82, 2.24) is 0 Å². The summed E-state index contributed by atoms with van der Waals surface area (Å²) in [7, 11) is 0. The van der Waals surface area contributed by atoms with Crippen molar-refractivity contribution in [2.45, 2.75) is 31.3 Å². The Morgan fingerprint density at radius 3 is 2.78 bits per heavy atom. The van der Waals surface area contributed by atoms with E-state index in [0.717, 1.165) is 0 Å². The second-order valence-corrected chi connectivity index (χ2v) is 5.05. The molecule has 1 N–H and O–H groups in total. The van der Waals surface area contributed by atoms with Gasteiger partial charge in [0.15, 0.2) is 6.29 Å². The summed E-state index contributed by atoms with van der Waals surface area (Å²) in [5.41, 5.74) is 0.538. The van der Waals surface area contributed by atoms with E-state index in [2.05, 4.69) is 22.6 Å². The van der Waals surface area contributed by atoms with Crippen LogP contribution < -0.4 is 0 Å². The first-order valence-corrected chi connectivity index (χ1v) is 7.39. The van der Waals surface area contributed by atoms with Crippen LogP contribution in [-0.2, 0) is 9.47 Å². The first-order valence-electron chi connectivity index (χ1n) is 5.86. The van der Waals surface area contributed by atoms with Gasteiger partial charge in [-0.05, 0) is 18.6 Å². The third-order valence-corrected chi connectivity index (χ3v) is 3.73. The van der Waals surface area contributed by atoms with Gasteiger partial charge in [0.05, 0.1) is 5.56 Å². The number of carbonyl (C=O) groups excluding carboxylic acids is 1. The first-order chi connectivity index (χ1) is 8.70. The molecule has 0 bridgehead atoms. The molecule has 1 saturated heterocycles. The van der Waals surface area contributed by atoms with Crippen LogP contribution in [0.25, 0.3) is 0 Å². The zero-order chi connectivity index (χ0) is 13.0. The highest BCUT2D eigenvalue weighted by atomic mass is 127. The van der Waals surface area contributed by atoms with Crippen LogP contribution >= 0.6 is 22.6 Å². The summed E-state index contributed by atoms with van der Waals surface area (Å²) in [5.74, 6) is -0.338. The van der Waals surface area contributed by atoms with Gasteiger partial charge in [0.2, 0.25) is 0 Å². The van der Waals surface area contributed by atoms with E-state index in [0.29, 0.717) is 22.8 Å². The second-order valence-electron chi connectivity index (χ2n) is 4.17. The SMILES string of the molecule is O=C(O[C@H]1CC[C@@H](O)O[C@H]1CI)c1ccccc1. The Hall–Kier alpha value is -0.660. The fourth-order valence-corrected chi connectivity index (χ4v) is 2.68. The lowest BCUT2D eigenvalue weighted by atomic mass is 10.1. The molecule has 1 fully saturated rings. The lowest BCUT2D eigenvalue weighted by molar-refractivity contribution is -0.190. The molecule has 0 amide bonds. The van der Waals surface area contributed by atoms with Crippen LogP contribution in [0.3, 0.4) is 0 Å². The molecule has 1 aromatic rings. The highest BCUT2D eigenvalue weighted by Crippen LogP contribution is 2.23. The maximum absolute atomic E-state index is 11.9. The van der Waals surface area contributed by atoms with Crippen LogP contribution in [0.1, 0.15) is 23.2 Å². The minimum absolute atomic E-state index is 0.234. The number of aliphatic hydroxyl groups excluding tert-OH is 1. The molecule has 18 heavy (non-hydrogen) atoms.